The molecular weight excluding hydrogens is 504 g/mol. The van der Waals surface area contributed by atoms with Crippen LogP contribution in [0, 0.1) is 10.2 Å². The van der Waals surface area contributed by atoms with Crippen LogP contribution in [0.15, 0.2) is 119 Å². The van der Waals surface area contributed by atoms with E-state index >= 15 is 0 Å². The van der Waals surface area contributed by atoms with Gasteiger partial charge in [0, 0.05) is 11.1 Å². The van der Waals surface area contributed by atoms with Crippen LogP contribution in [0.2, 0.25) is 0 Å². The van der Waals surface area contributed by atoms with Gasteiger partial charge in [0.15, 0.2) is 16.8 Å². The number of hydrogen-bond acceptors (Lipinski definition) is 7. The highest BCUT2D eigenvalue weighted by molar-refractivity contribution is 8.31. The van der Waals surface area contributed by atoms with Crippen LogP contribution >= 0.6 is 10.3 Å². The first-order chi connectivity index (χ1) is 17.3. The third-order valence-corrected chi connectivity index (χ3v) is 10.2. The average Bonchev–Trinajstić information content (AvgIpc) is 2.89. The molecular formula is C27H19ClO7S. The number of carbonyl (C=O) groups excluding carboxylic acids is 2. The van der Waals surface area contributed by atoms with Gasteiger partial charge in [-0.15, -0.1) is 0 Å². The molecule has 36 heavy (non-hydrogen) atoms. The van der Waals surface area contributed by atoms with Crippen LogP contribution in [0.25, 0.3) is 0 Å². The maximum Gasteiger partial charge on any atom is 0.185 e. The lowest BCUT2D eigenvalue weighted by Gasteiger charge is -2.42. The van der Waals surface area contributed by atoms with Crippen LogP contribution < -0.4 is 18.7 Å². The summed E-state index contributed by atoms with van der Waals surface area (Å²) >= 11 is 0. The van der Waals surface area contributed by atoms with Crippen LogP contribution in [0.3, 0.4) is 0 Å². The van der Waals surface area contributed by atoms with E-state index in [0.29, 0.717) is 0 Å². The fraction of sp³-hybridized carbons (Fsp3) is 0.0370. The summed E-state index contributed by atoms with van der Waals surface area (Å²) in [4.78, 5) is 28.6. The van der Waals surface area contributed by atoms with Gasteiger partial charge in [0.25, 0.3) is 0 Å². The molecule has 0 aromatic heterocycles. The summed E-state index contributed by atoms with van der Waals surface area (Å²) in [5, 5.41) is -1.70. The highest BCUT2D eigenvalue weighted by atomic mass is 35.7. The van der Waals surface area contributed by atoms with Crippen LogP contribution in [-0.4, -0.2) is 16.8 Å². The van der Waals surface area contributed by atoms with Gasteiger partial charge >= 0.3 is 0 Å². The third kappa shape index (κ3) is 4.31. The van der Waals surface area contributed by atoms with E-state index in [2.05, 4.69) is 0 Å². The Kier molecular flexibility index (Phi) is 6.40. The van der Waals surface area contributed by atoms with Crippen molar-refractivity contribution >= 4 is 21.9 Å². The molecule has 4 aromatic rings. The molecule has 0 bridgehead atoms. The normalized spacial score (nSPS) is 14.8. The third-order valence-electron chi connectivity index (χ3n) is 5.67. The summed E-state index contributed by atoms with van der Waals surface area (Å²) in [7, 11) is -8.73. The molecule has 0 fully saturated rings. The highest BCUT2D eigenvalue weighted by Gasteiger charge is 2.60. The fourth-order valence-electron chi connectivity index (χ4n) is 4.21. The van der Waals surface area contributed by atoms with Gasteiger partial charge in [-0.2, -0.15) is 14.0 Å². The van der Waals surface area contributed by atoms with Gasteiger partial charge in [-0.3, -0.25) is 9.59 Å². The van der Waals surface area contributed by atoms with Gasteiger partial charge in [0.2, 0.25) is 0 Å². The zero-order chi connectivity index (χ0) is 25.3. The number of ether oxygens (including phenoxy) is 1. The molecule has 1 aliphatic rings. The van der Waals surface area contributed by atoms with Gasteiger partial charge < -0.3 is 4.74 Å². The molecule has 0 N–H and O–H groups in total. The minimum Gasteiger partial charge on any atom is -0.455 e. The lowest BCUT2D eigenvalue weighted by Crippen LogP contribution is -2.62. The van der Waals surface area contributed by atoms with E-state index in [1.807, 2.05) is 0 Å². The minimum absolute atomic E-state index is 0.147. The largest absolute Gasteiger partial charge is 0.455 e. The van der Waals surface area contributed by atoms with Crippen molar-refractivity contribution < 1.29 is 42.3 Å². The molecule has 4 aromatic carbocycles. The summed E-state index contributed by atoms with van der Waals surface area (Å²) in [6, 6.07) is 28.8. The van der Waals surface area contributed by atoms with Gasteiger partial charge in [0.05, 0.1) is 30.3 Å². The van der Waals surface area contributed by atoms with Crippen molar-refractivity contribution in [3.05, 3.63) is 120 Å². The van der Waals surface area contributed by atoms with Crippen LogP contribution in [0.5, 0.6) is 11.5 Å². The second-order valence-electron chi connectivity index (χ2n) is 7.88. The number of hydrogen-bond donors (Lipinski definition) is 0. The summed E-state index contributed by atoms with van der Waals surface area (Å²) in [5.41, 5.74) is 0.340. The maximum atomic E-state index is 14.1. The standard InChI is InChI=1S/C27H19ClO7S/c29-25(19-11-3-1-4-12-19)27(26(30)20-13-5-2-6-14-20)36(35-28(31,32)33)23-17-9-7-15-21(23)34-22-16-8-10-18-24(22)36/h1-18,27H. The molecule has 1 heterocycles. The van der Waals surface area contributed by atoms with E-state index in [0.717, 1.165) is 0 Å². The topological polar surface area (TPSA) is 122 Å². The van der Waals surface area contributed by atoms with Crippen LogP contribution in [0.1, 0.15) is 20.7 Å². The molecule has 0 amide bonds. The second kappa shape index (κ2) is 9.51. The Hall–Kier alpha value is -3.50. The van der Waals surface area contributed by atoms with Gasteiger partial charge in [-0.05, 0) is 24.3 Å². The summed E-state index contributed by atoms with van der Waals surface area (Å²) in [5.74, 6) is -0.969. The summed E-state index contributed by atoms with van der Waals surface area (Å²) < 4.78 is 48.3. The molecule has 0 saturated carbocycles. The predicted molar refractivity (Wildman–Crippen MR) is 123 cm³/mol. The number of carbonyl (C=O) groups is 2. The number of fused-ring (bicyclic) bond motifs is 2. The van der Waals surface area contributed by atoms with Gasteiger partial charge in [0.1, 0.15) is 15.2 Å². The number of para-hydroxylation sites is 2. The van der Waals surface area contributed by atoms with Crippen molar-refractivity contribution in [2.75, 3.05) is 0 Å². The number of Topliss-reactive ketones (excluding diaryl/α,β-unsaturated/α-hetero) is 2. The van der Waals surface area contributed by atoms with Crippen molar-refractivity contribution in [2.45, 2.75) is 15.0 Å². The van der Waals surface area contributed by atoms with E-state index in [1.165, 1.54) is 36.4 Å². The quantitative estimate of drug-likeness (QED) is 0.270. The Morgan fingerprint density at radius 2 is 1.03 bits per heavy atom. The lowest BCUT2D eigenvalue weighted by atomic mass is 10.0. The molecule has 0 spiro atoms. The average molecular weight is 523 g/mol. The molecule has 0 unspecified atom stereocenters. The number of benzene rings is 4. The molecule has 0 aliphatic carbocycles. The summed E-state index contributed by atoms with van der Waals surface area (Å²) in [6.45, 7) is 0. The number of rotatable bonds is 7. The van der Waals surface area contributed by atoms with Crippen molar-refractivity contribution in [1.29, 1.82) is 0 Å². The van der Waals surface area contributed by atoms with Gasteiger partial charge in [-0.25, -0.2) is 0 Å². The van der Waals surface area contributed by atoms with Crippen LogP contribution in [-0.2, 0) is 3.74 Å². The molecule has 5 rings (SSSR count). The first-order valence-corrected chi connectivity index (χ1v) is 13.7. The molecule has 9 heteroatoms. The van der Waals surface area contributed by atoms with Crippen molar-refractivity contribution in [2.24, 2.45) is 0 Å². The molecule has 0 radical (unpaired) electrons. The Morgan fingerprint density at radius 3 is 1.44 bits per heavy atom. The fourth-order valence-corrected chi connectivity index (χ4v) is 9.02. The molecule has 0 saturated heterocycles. The van der Waals surface area contributed by atoms with E-state index in [9.17, 15) is 23.6 Å². The van der Waals surface area contributed by atoms with Crippen molar-refractivity contribution in [1.82, 2.24) is 0 Å². The van der Waals surface area contributed by atoms with E-state index < -0.39 is 37.4 Å². The Labute approximate surface area is 210 Å². The van der Waals surface area contributed by atoms with Crippen LogP contribution in [0.4, 0.5) is 0 Å². The molecule has 0 atom stereocenters. The lowest BCUT2D eigenvalue weighted by molar-refractivity contribution is -1.91. The van der Waals surface area contributed by atoms with E-state index in [-0.39, 0.29) is 32.4 Å². The van der Waals surface area contributed by atoms with Gasteiger partial charge in [-0.1, -0.05) is 84.9 Å². The van der Waals surface area contributed by atoms with Crippen molar-refractivity contribution in [3.63, 3.8) is 0 Å². The smallest absolute Gasteiger partial charge is 0.185 e. The Bertz CT molecular complexity index is 1320. The monoisotopic (exact) mass is 522 g/mol. The second-order valence-corrected chi connectivity index (χ2v) is 11.7. The SMILES string of the molecule is O=C(c1ccccc1)C(C(=O)c1ccccc1)S1(O[Cl+3]([O-])([O-])[O-])c2ccccc2Oc2ccccc21. The molecule has 7 nitrogen and oxygen atoms in total. The Morgan fingerprint density at radius 1 is 0.639 bits per heavy atom. The van der Waals surface area contributed by atoms with E-state index in [4.69, 9.17) is 8.47 Å². The summed E-state index contributed by atoms with van der Waals surface area (Å²) in [6.07, 6.45) is 0. The predicted octanol–water partition coefficient (Wildman–Crippen LogP) is 2.98. The van der Waals surface area contributed by atoms with E-state index in [1.54, 1.807) is 72.8 Å². The van der Waals surface area contributed by atoms with Crippen molar-refractivity contribution in [3.8, 4) is 11.5 Å². The zero-order valence-corrected chi connectivity index (χ0v) is 20.2. The molecule has 1 aliphatic heterocycles. The first-order valence-electron chi connectivity index (χ1n) is 10.8. The Balaban J connectivity index is 1.87. The molecule has 182 valence electrons. The number of halogens is 1. The highest BCUT2D eigenvalue weighted by Crippen LogP contribution is 2.75. The maximum absolute atomic E-state index is 14.1. The zero-order valence-electron chi connectivity index (χ0n) is 18.6. The first kappa shape index (κ1) is 24.2. The number of ketones is 2. The minimum atomic E-state index is -5.08.